The SMILES string of the molecule is FC1=C2Cc3ccccc3CC2Cc2ccccc21. The topological polar surface area (TPSA) is 0 Å². The molecule has 1 heteroatoms. The lowest BCUT2D eigenvalue weighted by Gasteiger charge is -2.32. The molecule has 0 radical (unpaired) electrons. The van der Waals surface area contributed by atoms with Gasteiger partial charge in [-0.2, -0.15) is 0 Å². The highest BCUT2D eigenvalue weighted by Gasteiger charge is 2.31. The maximum Gasteiger partial charge on any atom is 0.130 e. The normalized spacial score (nSPS) is 20.6. The summed E-state index contributed by atoms with van der Waals surface area (Å²) in [5.74, 6) is 0.381. The third-order valence-corrected chi connectivity index (χ3v) is 4.46. The quantitative estimate of drug-likeness (QED) is 0.652. The Balaban J connectivity index is 1.86. The minimum absolute atomic E-state index is 0.0290. The van der Waals surface area contributed by atoms with Crippen molar-refractivity contribution < 1.29 is 4.39 Å². The van der Waals surface area contributed by atoms with Crippen molar-refractivity contribution in [1.29, 1.82) is 0 Å². The summed E-state index contributed by atoms with van der Waals surface area (Å²) in [6, 6.07) is 16.4. The predicted molar refractivity (Wildman–Crippen MR) is 75.5 cm³/mol. The van der Waals surface area contributed by atoms with Gasteiger partial charge < -0.3 is 0 Å². The maximum atomic E-state index is 14.7. The fourth-order valence-corrected chi connectivity index (χ4v) is 3.47. The standard InChI is InChI=1S/C18H15F/c19-18-16-8-4-3-7-14(16)10-15-9-12-5-1-2-6-13(12)11-17(15)18/h1-8,15H,9-11H2. The van der Waals surface area contributed by atoms with Gasteiger partial charge in [0.1, 0.15) is 5.83 Å². The van der Waals surface area contributed by atoms with Crippen molar-refractivity contribution in [3.05, 3.63) is 76.4 Å². The summed E-state index contributed by atoms with van der Waals surface area (Å²) in [6.07, 6.45) is 2.74. The summed E-state index contributed by atoms with van der Waals surface area (Å²) >= 11 is 0. The number of allylic oxidation sites excluding steroid dienone is 1. The van der Waals surface area contributed by atoms with Crippen LogP contribution in [0.5, 0.6) is 0 Å². The van der Waals surface area contributed by atoms with E-state index in [-0.39, 0.29) is 5.83 Å². The van der Waals surface area contributed by atoms with Crippen LogP contribution in [-0.4, -0.2) is 0 Å². The van der Waals surface area contributed by atoms with E-state index in [1.807, 2.05) is 24.3 Å². The largest absolute Gasteiger partial charge is 0.206 e. The molecule has 0 spiro atoms. The molecule has 2 aromatic carbocycles. The Labute approximate surface area is 112 Å². The van der Waals surface area contributed by atoms with E-state index in [9.17, 15) is 4.39 Å². The van der Waals surface area contributed by atoms with Crippen LogP contribution in [0.2, 0.25) is 0 Å². The van der Waals surface area contributed by atoms with E-state index < -0.39 is 0 Å². The average molecular weight is 250 g/mol. The van der Waals surface area contributed by atoms with Gasteiger partial charge in [-0.15, -0.1) is 0 Å². The number of halogens is 1. The molecule has 0 N–H and O–H groups in total. The molecule has 0 aromatic heterocycles. The van der Waals surface area contributed by atoms with E-state index in [0.29, 0.717) is 5.92 Å². The molecule has 1 atom stereocenters. The van der Waals surface area contributed by atoms with Gasteiger partial charge in [0.15, 0.2) is 0 Å². The Morgan fingerprint density at radius 1 is 0.789 bits per heavy atom. The second kappa shape index (κ2) is 4.06. The third-order valence-electron chi connectivity index (χ3n) is 4.46. The lowest BCUT2D eigenvalue weighted by atomic mass is 9.73. The zero-order chi connectivity index (χ0) is 12.8. The molecule has 0 nitrogen and oxygen atoms in total. The molecular weight excluding hydrogens is 235 g/mol. The van der Waals surface area contributed by atoms with Crippen LogP contribution in [-0.2, 0) is 19.3 Å². The molecule has 2 aromatic rings. The zero-order valence-electron chi connectivity index (χ0n) is 10.7. The number of benzene rings is 2. The van der Waals surface area contributed by atoms with Crippen LogP contribution < -0.4 is 0 Å². The molecule has 0 heterocycles. The Kier molecular flexibility index (Phi) is 2.34. The van der Waals surface area contributed by atoms with Crippen molar-refractivity contribution in [2.75, 3.05) is 0 Å². The van der Waals surface area contributed by atoms with E-state index in [1.165, 1.54) is 11.1 Å². The summed E-state index contributed by atoms with van der Waals surface area (Å²) < 4.78 is 14.7. The van der Waals surface area contributed by atoms with Crippen molar-refractivity contribution in [2.24, 2.45) is 5.92 Å². The van der Waals surface area contributed by atoms with Gasteiger partial charge >= 0.3 is 0 Å². The Morgan fingerprint density at radius 2 is 1.42 bits per heavy atom. The zero-order valence-corrected chi connectivity index (χ0v) is 10.7. The van der Waals surface area contributed by atoms with Crippen LogP contribution in [0.1, 0.15) is 22.3 Å². The number of hydrogen-bond donors (Lipinski definition) is 0. The molecule has 0 amide bonds. The van der Waals surface area contributed by atoms with E-state index in [2.05, 4.69) is 24.3 Å². The van der Waals surface area contributed by atoms with Crippen molar-refractivity contribution in [2.45, 2.75) is 19.3 Å². The molecule has 19 heavy (non-hydrogen) atoms. The monoisotopic (exact) mass is 250 g/mol. The molecule has 0 saturated carbocycles. The van der Waals surface area contributed by atoms with Crippen molar-refractivity contribution in [3.8, 4) is 0 Å². The van der Waals surface area contributed by atoms with Crippen LogP contribution in [0.15, 0.2) is 54.1 Å². The van der Waals surface area contributed by atoms with Gasteiger partial charge in [-0.05, 0) is 47.4 Å². The summed E-state index contributed by atoms with van der Waals surface area (Å²) in [4.78, 5) is 0. The second-order valence-electron chi connectivity index (χ2n) is 5.55. The van der Waals surface area contributed by atoms with E-state index >= 15 is 0 Å². The highest BCUT2D eigenvalue weighted by molar-refractivity contribution is 5.69. The van der Waals surface area contributed by atoms with Gasteiger partial charge in [0, 0.05) is 5.56 Å². The first-order chi connectivity index (χ1) is 9.33. The van der Waals surface area contributed by atoms with Gasteiger partial charge in [0.05, 0.1) is 0 Å². The van der Waals surface area contributed by atoms with Gasteiger partial charge in [-0.25, -0.2) is 4.39 Å². The molecular formula is C18H15F. The first kappa shape index (κ1) is 11.0. The predicted octanol–water partition coefficient (Wildman–Crippen LogP) is 4.34. The highest BCUT2D eigenvalue weighted by Crippen LogP contribution is 2.42. The lowest BCUT2D eigenvalue weighted by Crippen LogP contribution is -2.23. The molecule has 0 fully saturated rings. The second-order valence-corrected chi connectivity index (χ2v) is 5.55. The molecule has 94 valence electrons. The maximum absolute atomic E-state index is 14.7. The molecule has 0 bridgehead atoms. The fraction of sp³-hybridized carbons (Fsp3) is 0.222. The Bertz CT molecular complexity index is 682. The third kappa shape index (κ3) is 1.65. The van der Waals surface area contributed by atoms with Crippen LogP contribution in [0.3, 0.4) is 0 Å². The Hall–Kier alpha value is -1.89. The van der Waals surface area contributed by atoms with E-state index in [0.717, 1.165) is 36.0 Å². The van der Waals surface area contributed by atoms with E-state index in [1.54, 1.807) is 0 Å². The summed E-state index contributed by atoms with van der Waals surface area (Å²) in [5, 5.41) is 0. The molecule has 0 saturated heterocycles. The average Bonchev–Trinajstić information content (AvgIpc) is 2.46. The molecule has 4 rings (SSSR count). The molecule has 2 aliphatic carbocycles. The van der Waals surface area contributed by atoms with Crippen LogP contribution in [0.4, 0.5) is 4.39 Å². The summed E-state index contributed by atoms with van der Waals surface area (Å²) in [7, 11) is 0. The smallest absolute Gasteiger partial charge is 0.130 e. The van der Waals surface area contributed by atoms with E-state index in [4.69, 9.17) is 0 Å². The summed E-state index contributed by atoms with van der Waals surface area (Å²) in [5.41, 5.74) is 5.67. The minimum atomic E-state index is 0.0290. The number of rotatable bonds is 0. The highest BCUT2D eigenvalue weighted by atomic mass is 19.1. The minimum Gasteiger partial charge on any atom is -0.206 e. The fourth-order valence-electron chi connectivity index (χ4n) is 3.47. The summed E-state index contributed by atoms with van der Waals surface area (Å²) in [6.45, 7) is 0. The van der Waals surface area contributed by atoms with Gasteiger partial charge in [-0.3, -0.25) is 0 Å². The van der Waals surface area contributed by atoms with Crippen molar-refractivity contribution >= 4 is 5.83 Å². The van der Waals surface area contributed by atoms with Crippen LogP contribution in [0.25, 0.3) is 5.83 Å². The van der Waals surface area contributed by atoms with Crippen molar-refractivity contribution in [1.82, 2.24) is 0 Å². The van der Waals surface area contributed by atoms with Gasteiger partial charge in [0.25, 0.3) is 0 Å². The van der Waals surface area contributed by atoms with Crippen LogP contribution in [0, 0.1) is 5.92 Å². The van der Waals surface area contributed by atoms with Crippen LogP contribution >= 0.6 is 0 Å². The van der Waals surface area contributed by atoms with Crippen molar-refractivity contribution in [3.63, 3.8) is 0 Å². The Morgan fingerprint density at radius 3 is 2.26 bits per heavy atom. The first-order valence-electron chi connectivity index (χ1n) is 6.86. The first-order valence-corrected chi connectivity index (χ1v) is 6.86. The lowest BCUT2D eigenvalue weighted by molar-refractivity contribution is 0.540. The molecule has 1 unspecified atom stereocenters. The van der Waals surface area contributed by atoms with Gasteiger partial charge in [-0.1, -0.05) is 48.5 Å². The van der Waals surface area contributed by atoms with Gasteiger partial charge in [0.2, 0.25) is 0 Å². The molecule has 0 aliphatic heterocycles. The number of hydrogen-bond acceptors (Lipinski definition) is 0. The number of fused-ring (bicyclic) bond motifs is 3. The molecule has 2 aliphatic rings.